The molecule has 0 bridgehead atoms. The van der Waals surface area contributed by atoms with Gasteiger partial charge >= 0.3 is 0 Å². The molecule has 1 rings (SSSR count). The number of primary amides is 1. The molecule has 6 heteroatoms. The third kappa shape index (κ3) is 3.15. The number of hydrogen-bond donors (Lipinski definition) is 2. The zero-order valence-corrected chi connectivity index (χ0v) is 11.2. The van der Waals surface area contributed by atoms with E-state index in [2.05, 4.69) is 29.2 Å². The standard InChI is InChI=1S/C12H23N5O/c1-9(2)10-5-3-4-6-12(10,11(13)18)15-7-8-16-17-14/h9-10,15H,3-8H2,1-2H3,(H2,13,18). The van der Waals surface area contributed by atoms with E-state index in [9.17, 15) is 4.79 Å². The van der Waals surface area contributed by atoms with Crippen LogP contribution in [0.25, 0.3) is 10.4 Å². The number of azide groups is 1. The van der Waals surface area contributed by atoms with Crippen LogP contribution in [0.1, 0.15) is 39.5 Å². The van der Waals surface area contributed by atoms with E-state index < -0.39 is 5.54 Å². The van der Waals surface area contributed by atoms with E-state index in [0.717, 1.165) is 25.7 Å². The highest BCUT2D eigenvalue weighted by atomic mass is 16.1. The van der Waals surface area contributed by atoms with Gasteiger partial charge in [0.1, 0.15) is 5.54 Å². The Balaban J connectivity index is 2.81. The molecule has 0 aromatic heterocycles. The molecule has 0 aromatic rings. The van der Waals surface area contributed by atoms with Crippen LogP contribution < -0.4 is 11.1 Å². The summed E-state index contributed by atoms with van der Waals surface area (Å²) in [4.78, 5) is 14.6. The van der Waals surface area contributed by atoms with Gasteiger partial charge in [0.05, 0.1) is 0 Å². The van der Waals surface area contributed by atoms with Gasteiger partial charge in [-0.15, -0.1) is 0 Å². The molecule has 2 unspecified atom stereocenters. The number of rotatable bonds is 6. The van der Waals surface area contributed by atoms with Crippen LogP contribution in [0, 0.1) is 11.8 Å². The van der Waals surface area contributed by atoms with Crippen LogP contribution in [0.4, 0.5) is 0 Å². The van der Waals surface area contributed by atoms with Crippen molar-refractivity contribution in [3.63, 3.8) is 0 Å². The Bertz CT molecular complexity index is 337. The van der Waals surface area contributed by atoms with Gasteiger partial charge in [-0.3, -0.25) is 4.79 Å². The third-order valence-corrected chi connectivity index (χ3v) is 3.93. The van der Waals surface area contributed by atoms with Crippen molar-refractivity contribution >= 4 is 5.91 Å². The minimum absolute atomic E-state index is 0.259. The maximum absolute atomic E-state index is 11.9. The summed E-state index contributed by atoms with van der Waals surface area (Å²) in [6.45, 7) is 5.10. The van der Waals surface area contributed by atoms with E-state index in [1.54, 1.807) is 0 Å². The zero-order chi connectivity index (χ0) is 13.6. The number of nitrogens with two attached hydrogens (primary N) is 1. The molecule has 0 aliphatic heterocycles. The van der Waals surface area contributed by atoms with Crippen LogP contribution >= 0.6 is 0 Å². The fourth-order valence-electron chi connectivity index (χ4n) is 3.09. The predicted molar refractivity (Wildman–Crippen MR) is 70.7 cm³/mol. The summed E-state index contributed by atoms with van der Waals surface area (Å²) < 4.78 is 0. The molecular formula is C12H23N5O. The number of amides is 1. The Morgan fingerprint density at radius 1 is 1.61 bits per heavy atom. The van der Waals surface area contributed by atoms with E-state index in [-0.39, 0.29) is 11.8 Å². The minimum Gasteiger partial charge on any atom is -0.368 e. The van der Waals surface area contributed by atoms with Crippen molar-refractivity contribution in [2.24, 2.45) is 22.7 Å². The monoisotopic (exact) mass is 253 g/mol. The quantitative estimate of drug-likeness (QED) is 0.327. The molecule has 1 fully saturated rings. The topological polar surface area (TPSA) is 104 Å². The van der Waals surface area contributed by atoms with Crippen LogP contribution in [0.2, 0.25) is 0 Å². The summed E-state index contributed by atoms with van der Waals surface area (Å²) in [5.74, 6) is 0.390. The van der Waals surface area contributed by atoms with Crippen molar-refractivity contribution in [1.82, 2.24) is 5.32 Å². The van der Waals surface area contributed by atoms with Crippen molar-refractivity contribution in [3.8, 4) is 0 Å². The molecule has 18 heavy (non-hydrogen) atoms. The van der Waals surface area contributed by atoms with Gasteiger partial charge < -0.3 is 11.1 Å². The third-order valence-electron chi connectivity index (χ3n) is 3.93. The summed E-state index contributed by atoms with van der Waals surface area (Å²) in [5.41, 5.74) is 13.3. The Kier molecular flexibility index (Phi) is 5.44. The first-order chi connectivity index (χ1) is 8.54. The fourth-order valence-corrected chi connectivity index (χ4v) is 3.09. The van der Waals surface area contributed by atoms with Gasteiger partial charge in [-0.25, -0.2) is 0 Å². The number of carbonyl (C=O) groups is 1. The number of hydrogen-bond acceptors (Lipinski definition) is 3. The van der Waals surface area contributed by atoms with Crippen molar-refractivity contribution < 1.29 is 4.79 Å². The van der Waals surface area contributed by atoms with Crippen molar-refractivity contribution in [2.45, 2.75) is 45.1 Å². The van der Waals surface area contributed by atoms with Crippen LogP contribution in [-0.4, -0.2) is 24.5 Å². The smallest absolute Gasteiger partial charge is 0.238 e. The first-order valence-electron chi connectivity index (χ1n) is 6.60. The maximum atomic E-state index is 11.9. The molecule has 0 heterocycles. The van der Waals surface area contributed by atoms with E-state index in [1.165, 1.54) is 0 Å². The van der Waals surface area contributed by atoms with Gasteiger partial charge in [0, 0.05) is 18.0 Å². The van der Waals surface area contributed by atoms with Crippen LogP contribution in [-0.2, 0) is 4.79 Å². The highest BCUT2D eigenvalue weighted by molar-refractivity contribution is 5.85. The van der Waals surface area contributed by atoms with E-state index in [4.69, 9.17) is 11.3 Å². The molecule has 1 amide bonds. The lowest BCUT2D eigenvalue weighted by atomic mass is 9.67. The van der Waals surface area contributed by atoms with Gasteiger partial charge in [0.25, 0.3) is 0 Å². The summed E-state index contributed by atoms with van der Waals surface area (Å²) in [7, 11) is 0. The van der Waals surface area contributed by atoms with Gasteiger partial charge in [-0.1, -0.05) is 31.8 Å². The average Bonchev–Trinajstić information content (AvgIpc) is 2.34. The lowest BCUT2D eigenvalue weighted by Gasteiger charge is -2.44. The number of carbonyl (C=O) groups excluding carboxylic acids is 1. The van der Waals surface area contributed by atoms with E-state index in [1.807, 2.05) is 0 Å². The summed E-state index contributed by atoms with van der Waals surface area (Å²) >= 11 is 0. The van der Waals surface area contributed by atoms with Crippen LogP contribution in [0.3, 0.4) is 0 Å². The predicted octanol–water partition coefficient (Wildman–Crippen LogP) is 1.96. The number of nitrogens with zero attached hydrogens (tertiary/aromatic N) is 3. The molecule has 6 nitrogen and oxygen atoms in total. The van der Waals surface area contributed by atoms with Gasteiger partial charge in [0.15, 0.2) is 0 Å². The molecular weight excluding hydrogens is 230 g/mol. The molecule has 1 aliphatic rings. The molecule has 0 aromatic carbocycles. The molecule has 0 saturated heterocycles. The molecule has 102 valence electrons. The Hall–Kier alpha value is -1.26. The highest BCUT2D eigenvalue weighted by Gasteiger charge is 2.46. The largest absolute Gasteiger partial charge is 0.368 e. The van der Waals surface area contributed by atoms with Crippen LogP contribution in [0.15, 0.2) is 5.11 Å². The fraction of sp³-hybridized carbons (Fsp3) is 0.917. The van der Waals surface area contributed by atoms with Gasteiger partial charge in [0.2, 0.25) is 5.91 Å². The summed E-state index contributed by atoms with van der Waals surface area (Å²) in [6.07, 6.45) is 3.97. The van der Waals surface area contributed by atoms with Crippen LogP contribution in [0.5, 0.6) is 0 Å². The lowest BCUT2D eigenvalue weighted by Crippen LogP contribution is -2.63. The van der Waals surface area contributed by atoms with Crippen molar-refractivity contribution in [1.29, 1.82) is 0 Å². The second-order valence-electron chi connectivity index (χ2n) is 5.31. The molecule has 1 saturated carbocycles. The minimum atomic E-state index is -0.628. The summed E-state index contributed by atoms with van der Waals surface area (Å²) in [5, 5.41) is 6.74. The maximum Gasteiger partial charge on any atom is 0.238 e. The first kappa shape index (κ1) is 14.8. The second-order valence-corrected chi connectivity index (χ2v) is 5.31. The lowest BCUT2D eigenvalue weighted by molar-refractivity contribution is -0.129. The van der Waals surface area contributed by atoms with E-state index in [0.29, 0.717) is 19.0 Å². The molecule has 2 atom stereocenters. The Morgan fingerprint density at radius 3 is 2.89 bits per heavy atom. The number of nitrogens with one attached hydrogen (secondary N) is 1. The summed E-state index contributed by atoms with van der Waals surface area (Å²) in [6, 6.07) is 0. The molecule has 1 aliphatic carbocycles. The Labute approximate surface area is 108 Å². The zero-order valence-electron chi connectivity index (χ0n) is 11.2. The molecule has 3 N–H and O–H groups in total. The van der Waals surface area contributed by atoms with Gasteiger partial charge in [-0.2, -0.15) is 0 Å². The van der Waals surface area contributed by atoms with E-state index >= 15 is 0 Å². The van der Waals surface area contributed by atoms with Crippen molar-refractivity contribution in [2.75, 3.05) is 13.1 Å². The first-order valence-corrected chi connectivity index (χ1v) is 6.60. The highest BCUT2D eigenvalue weighted by Crippen LogP contribution is 2.38. The Morgan fingerprint density at radius 2 is 2.33 bits per heavy atom. The van der Waals surface area contributed by atoms with Gasteiger partial charge in [-0.05, 0) is 30.2 Å². The molecule has 0 radical (unpaired) electrons. The molecule has 0 spiro atoms. The van der Waals surface area contributed by atoms with Crippen molar-refractivity contribution in [3.05, 3.63) is 10.4 Å². The second kappa shape index (κ2) is 6.61. The normalized spacial score (nSPS) is 27.8. The average molecular weight is 253 g/mol. The SMILES string of the molecule is CC(C)C1CCCCC1(NCCN=[N+]=[N-])C(N)=O.